The minimum Gasteiger partial charge on any atom is -0.462 e. The normalized spacial score (nSPS) is 16.2. The fourth-order valence-electron chi connectivity index (χ4n) is 4.00. The minimum absolute atomic E-state index is 0.106. The number of thiophene rings is 1. The second-order valence-electron chi connectivity index (χ2n) is 8.42. The van der Waals surface area contributed by atoms with Gasteiger partial charge in [0.25, 0.3) is 0 Å². The SMILES string of the molecule is CCOC(=O)c1c(NC(=O)Cc2ccccc2)sc2c1CC[C@H](C(C)(C)CC)C2. The lowest BCUT2D eigenvalue weighted by Crippen LogP contribution is -2.28. The fourth-order valence-corrected chi connectivity index (χ4v) is 5.33. The van der Waals surface area contributed by atoms with E-state index in [4.69, 9.17) is 4.74 Å². The molecule has 1 N–H and O–H groups in total. The summed E-state index contributed by atoms with van der Waals surface area (Å²) in [4.78, 5) is 26.6. The average Bonchev–Trinajstić information content (AvgIpc) is 3.05. The Morgan fingerprint density at radius 1 is 1.21 bits per heavy atom. The van der Waals surface area contributed by atoms with Gasteiger partial charge in [0.1, 0.15) is 5.00 Å². The van der Waals surface area contributed by atoms with E-state index in [0.29, 0.717) is 23.1 Å². The molecule has 0 aliphatic heterocycles. The average molecular weight is 414 g/mol. The van der Waals surface area contributed by atoms with Crippen molar-refractivity contribution in [3.63, 3.8) is 0 Å². The molecule has 1 heterocycles. The van der Waals surface area contributed by atoms with E-state index in [1.165, 1.54) is 4.88 Å². The third-order valence-corrected chi connectivity index (χ3v) is 7.39. The van der Waals surface area contributed by atoms with E-state index in [9.17, 15) is 9.59 Å². The molecule has 156 valence electrons. The molecule has 4 nitrogen and oxygen atoms in total. The summed E-state index contributed by atoms with van der Waals surface area (Å²) in [6.45, 7) is 9.02. The molecule has 1 atom stereocenters. The lowest BCUT2D eigenvalue weighted by atomic mass is 9.69. The standard InChI is InChI=1S/C24H31NO3S/c1-5-24(3,4)17-12-13-18-19(15-17)29-22(21(18)23(27)28-6-2)25-20(26)14-16-10-8-7-9-11-16/h7-11,17H,5-6,12-15H2,1-4H3,(H,25,26)/t17-/m0/s1. The first-order valence-electron chi connectivity index (χ1n) is 10.5. The third kappa shape index (κ3) is 4.89. The van der Waals surface area contributed by atoms with Crippen LogP contribution in [0.1, 0.15) is 66.9 Å². The summed E-state index contributed by atoms with van der Waals surface area (Å²) in [6, 6.07) is 9.64. The van der Waals surface area contributed by atoms with E-state index in [1.54, 1.807) is 11.3 Å². The summed E-state index contributed by atoms with van der Waals surface area (Å²) >= 11 is 1.55. The summed E-state index contributed by atoms with van der Waals surface area (Å²) < 4.78 is 5.32. The predicted molar refractivity (Wildman–Crippen MR) is 119 cm³/mol. The summed E-state index contributed by atoms with van der Waals surface area (Å²) in [5, 5.41) is 3.64. The Hall–Kier alpha value is -2.14. The minimum atomic E-state index is -0.326. The van der Waals surface area contributed by atoms with Gasteiger partial charge in [-0.3, -0.25) is 4.79 Å². The van der Waals surface area contributed by atoms with Crippen molar-refractivity contribution in [1.29, 1.82) is 0 Å². The van der Waals surface area contributed by atoms with Gasteiger partial charge in [0, 0.05) is 4.88 Å². The number of fused-ring (bicyclic) bond motifs is 1. The van der Waals surface area contributed by atoms with Crippen LogP contribution in [0.4, 0.5) is 5.00 Å². The van der Waals surface area contributed by atoms with Crippen molar-refractivity contribution in [3.8, 4) is 0 Å². The molecule has 2 aromatic rings. The van der Waals surface area contributed by atoms with Gasteiger partial charge in [0.2, 0.25) is 5.91 Å². The molecular weight excluding hydrogens is 382 g/mol. The highest BCUT2D eigenvalue weighted by Crippen LogP contribution is 2.45. The maximum atomic E-state index is 12.7. The first-order chi connectivity index (χ1) is 13.9. The van der Waals surface area contributed by atoms with Gasteiger partial charge in [-0.1, -0.05) is 57.5 Å². The molecule has 3 rings (SSSR count). The molecule has 1 aliphatic rings. The van der Waals surface area contributed by atoms with Gasteiger partial charge in [-0.25, -0.2) is 4.79 Å². The maximum Gasteiger partial charge on any atom is 0.341 e. The van der Waals surface area contributed by atoms with Crippen LogP contribution in [0.2, 0.25) is 0 Å². The van der Waals surface area contributed by atoms with Gasteiger partial charge >= 0.3 is 5.97 Å². The number of hydrogen-bond donors (Lipinski definition) is 1. The molecule has 0 spiro atoms. The van der Waals surface area contributed by atoms with Crippen LogP contribution in [0.5, 0.6) is 0 Å². The molecule has 29 heavy (non-hydrogen) atoms. The topological polar surface area (TPSA) is 55.4 Å². The lowest BCUT2D eigenvalue weighted by Gasteiger charge is -2.36. The molecule has 1 aromatic carbocycles. The van der Waals surface area contributed by atoms with Crippen LogP contribution in [0.3, 0.4) is 0 Å². The van der Waals surface area contributed by atoms with Gasteiger partial charge in [-0.15, -0.1) is 11.3 Å². The van der Waals surface area contributed by atoms with E-state index < -0.39 is 0 Å². The molecule has 0 bridgehead atoms. The number of anilines is 1. The maximum absolute atomic E-state index is 12.7. The second-order valence-corrected chi connectivity index (χ2v) is 9.53. The van der Waals surface area contributed by atoms with E-state index in [2.05, 4.69) is 26.1 Å². The number of esters is 1. The smallest absolute Gasteiger partial charge is 0.341 e. The molecule has 1 aromatic heterocycles. The molecule has 0 radical (unpaired) electrons. The van der Waals surface area contributed by atoms with Crippen LogP contribution in [0.15, 0.2) is 30.3 Å². The van der Waals surface area contributed by atoms with Crippen molar-refractivity contribution in [2.45, 2.75) is 59.8 Å². The molecule has 0 fully saturated rings. The molecule has 0 saturated carbocycles. The highest BCUT2D eigenvalue weighted by Gasteiger charge is 2.35. The first kappa shape index (κ1) is 21.6. The van der Waals surface area contributed by atoms with Gasteiger partial charge in [0.05, 0.1) is 18.6 Å². The van der Waals surface area contributed by atoms with Crippen LogP contribution >= 0.6 is 11.3 Å². The van der Waals surface area contributed by atoms with Crippen LogP contribution < -0.4 is 5.32 Å². The van der Waals surface area contributed by atoms with Crippen molar-refractivity contribution in [1.82, 2.24) is 0 Å². The Morgan fingerprint density at radius 3 is 2.59 bits per heavy atom. The summed E-state index contributed by atoms with van der Waals surface area (Å²) in [6.07, 6.45) is 4.31. The van der Waals surface area contributed by atoms with Crippen molar-refractivity contribution in [2.24, 2.45) is 11.3 Å². The molecule has 0 saturated heterocycles. The van der Waals surface area contributed by atoms with E-state index >= 15 is 0 Å². The van der Waals surface area contributed by atoms with Crippen molar-refractivity contribution >= 4 is 28.2 Å². The van der Waals surface area contributed by atoms with Crippen LogP contribution in [0, 0.1) is 11.3 Å². The fraction of sp³-hybridized carbons (Fsp3) is 0.500. The van der Waals surface area contributed by atoms with E-state index in [1.807, 2.05) is 37.3 Å². The largest absolute Gasteiger partial charge is 0.462 e. The monoisotopic (exact) mass is 413 g/mol. The Balaban J connectivity index is 1.86. The molecule has 5 heteroatoms. The zero-order valence-electron chi connectivity index (χ0n) is 17.8. The number of ether oxygens (including phenoxy) is 1. The Morgan fingerprint density at radius 2 is 1.93 bits per heavy atom. The number of carbonyl (C=O) groups is 2. The number of rotatable bonds is 7. The highest BCUT2D eigenvalue weighted by atomic mass is 32.1. The molecule has 1 aliphatic carbocycles. The lowest BCUT2D eigenvalue weighted by molar-refractivity contribution is -0.115. The molecular formula is C24H31NO3S. The van der Waals surface area contributed by atoms with Gasteiger partial charge in [0.15, 0.2) is 0 Å². The Kier molecular flexibility index (Phi) is 6.78. The van der Waals surface area contributed by atoms with Crippen LogP contribution in [0.25, 0.3) is 0 Å². The van der Waals surface area contributed by atoms with E-state index in [-0.39, 0.29) is 23.7 Å². The highest BCUT2D eigenvalue weighted by molar-refractivity contribution is 7.17. The third-order valence-electron chi connectivity index (χ3n) is 6.22. The van der Waals surface area contributed by atoms with Crippen molar-refractivity contribution in [2.75, 3.05) is 11.9 Å². The second kappa shape index (κ2) is 9.12. The van der Waals surface area contributed by atoms with Crippen molar-refractivity contribution < 1.29 is 14.3 Å². The summed E-state index contributed by atoms with van der Waals surface area (Å²) in [5.41, 5.74) is 2.86. The zero-order valence-corrected chi connectivity index (χ0v) is 18.7. The van der Waals surface area contributed by atoms with Gasteiger partial charge in [-0.05, 0) is 48.6 Å². The Bertz CT molecular complexity index is 870. The summed E-state index contributed by atoms with van der Waals surface area (Å²) in [5.74, 6) is 0.153. The van der Waals surface area contributed by atoms with E-state index in [0.717, 1.165) is 36.8 Å². The number of benzene rings is 1. The number of hydrogen-bond acceptors (Lipinski definition) is 4. The van der Waals surface area contributed by atoms with Crippen LogP contribution in [-0.4, -0.2) is 18.5 Å². The first-order valence-corrected chi connectivity index (χ1v) is 11.3. The molecule has 1 amide bonds. The number of carbonyl (C=O) groups excluding carboxylic acids is 2. The quantitative estimate of drug-likeness (QED) is 0.597. The predicted octanol–water partition coefficient (Wildman–Crippen LogP) is 5.65. The zero-order chi connectivity index (χ0) is 21.0. The van der Waals surface area contributed by atoms with Gasteiger partial charge in [-0.2, -0.15) is 0 Å². The summed E-state index contributed by atoms with van der Waals surface area (Å²) in [7, 11) is 0. The number of amides is 1. The molecule has 0 unspecified atom stereocenters. The van der Waals surface area contributed by atoms with Crippen LogP contribution in [-0.2, 0) is 28.8 Å². The van der Waals surface area contributed by atoms with Gasteiger partial charge < -0.3 is 10.1 Å². The number of nitrogens with one attached hydrogen (secondary N) is 1. The van der Waals surface area contributed by atoms with Crippen molar-refractivity contribution in [3.05, 3.63) is 51.9 Å². The Labute approximate surface area is 177 Å².